The lowest BCUT2D eigenvalue weighted by molar-refractivity contribution is -0.133. The maximum Gasteiger partial charge on any atom is 0.227 e. The van der Waals surface area contributed by atoms with E-state index in [-0.39, 0.29) is 12.5 Å². The molecule has 2 saturated heterocycles. The second kappa shape index (κ2) is 4.94. The van der Waals surface area contributed by atoms with Crippen molar-refractivity contribution in [2.24, 2.45) is 11.8 Å². The van der Waals surface area contributed by atoms with Gasteiger partial charge >= 0.3 is 0 Å². The summed E-state index contributed by atoms with van der Waals surface area (Å²) in [5.41, 5.74) is 0. The van der Waals surface area contributed by atoms with E-state index in [0.717, 1.165) is 45.4 Å². The molecule has 0 radical (unpaired) electrons. The number of nitrogens with zero attached hydrogens (tertiary/aromatic N) is 1. The molecule has 86 valence electrons. The van der Waals surface area contributed by atoms with Gasteiger partial charge in [0.1, 0.15) is 0 Å². The van der Waals surface area contributed by atoms with Crippen molar-refractivity contribution in [3.63, 3.8) is 0 Å². The smallest absolute Gasteiger partial charge is 0.227 e. The van der Waals surface area contributed by atoms with E-state index >= 15 is 0 Å². The number of nitrogens with one attached hydrogen (secondary N) is 1. The maximum atomic E-state index is 12.0. The monoisotopic (exact) mass is 212 g/mol. The summed E-state index contributed by atoms with van der Waals surface area (Å²) in [4.78, 5) is 14.0. The van der Waals surface area contributed by atoms with Crippen LogP contribution in [-0.4, -0.2) is 48.7 Å². The number of carbonyl (C=O) groups excluding carboxylic acids is 1. The Bertz CT molecular complexity index is 227. The molecule has 2 rings (SSSR count). The van der Waals surface area contributed by atoms with Crippen molar-refractivity contribution in [1.29, 1.82) is 0 Å². The summed E-state index contributed by atoms with van der Waals surface area (Å²) in [7, 11) is 0. The zero-order valence-corrected chi connectivity index (χ0v) is 9.11. The van der Waals surface area contributed by atoms with E-state index in [4.69, 9.17) is 5.11 Å². The summed E-state index contributed by atoms with van der Waals surface area (Å²) in [6.45, 7) is 3.82. The van der Waals surface area contributed by atoms with Crippen molar-refractivity contribution < 1.29 is 9.90 Å². The van der Waals surface area contributed by atoms with Crippen LogP contribution in [0.1, 0.15) is 19.3 Å². The molecule has 1 amide bonds. The van der Waals surface area contributed by atoms with Crippen molar-refractivity contribution >= 4 is 5.91 Å². The van der Waals surface area contributed by atoms with Crippen LogP contribution < -0.4 is 5.32 Å². The van der Waals surface area contributed by atoms with Gasteiger partial charge in [-0.2, -0.15) is 0 Å². The topological polar surface area (TPSA) is 52.6 Å². The Labute approximate surface area is 90.6 Å². The average Bonchev–Trinajstić information content (AvgIpc) is 2.87. The molecule has 2 heterocycles. The number of hydrogen-bond acceptors (Lipinski definition) is 3. The normalized spacial score (nSPS) is 31.1. The molecule has 4 nitrogen and oxygen atoms in total. The Morgan fingerprint density at radius 3 is 3.00 bits per heavy atom. The number of carbonyl (C=O) groups is 1. The molecule has 0 bridgehead atoms. The molecule has 2 fully saturated rings. The van der Waals surface area contributed by atoms with Crippen LogP contribution in [0.4, 0.5) is 0 Å². The van der Waals surface area contributed by atoms with E-state index in [2.05, 4.69) is 5.32 Å². The molecule has 0 aromatic carbocycles. The van der Waals surface area contributed by atoms with Crippen LogP contribution in [0, 0.1) is 11.8 Å². The first kappa shape index (κ1) is 10.9. The van der Waals surface area contributed by atoms with Crippen molar-refractivity contribution in [1.82, 2.24) is 10.2 Å². The van der Waals surface area contributed by atoms with Crippen LogP contribution in [0.5, 0.6) is 0 Å². The quantitative estimate of drug-likeness (QED) is 0.683. The van der Waals surface area contributed by atoms with E-state index in [0.29, 0.717) is 11.8 Å². The molecule has 15 heavy (non-hydrogen) atoms. The van der Waals surface area contributed by atoms with Gasteiger partial charge in [-0.25, -0.2) is 0 Å². The predicted octanol–water partition coefficient (Wildman–Crippen LogP) is -0.173. The van der Waals surface area contributed by atoms with Gasteiger partial charge < -0.3 is 15.3 Å². The van der Waals surface area contributed by atoms with Gasteiger partial charge in [-0.3, -0.25) is 4.79 Å². The van der Waals surface area contributed by atoms with Crippen LogP contribution in [0.2, 0.25) is 0 Å². The lowest BCUT2D eigenvalue weighted by Crippen LogP contribution is -2.35. The van der Waals surface area contributed by atoms with Crippen LogP contribution in [0.15, 0.2) is 0 Å². The second-order valence-electron chi connectivity index (χ2n) is 4.64. The number of likely N-dealkylation sites (tertiary alicyclic amines) is 1. The molecule has 2 unspecified atom stereocenters. The number of hydrogen-bond donors (Lipinski definition) is 2. The minimum atomic E-state index is 0.206. The lowest BCUT2D eigenvalue weighted by Gasteiger charge is -2.20. The lowest BCUT2D eigenvalue weighted by atomic mass is 10.1. The first-order valence-corrected chi connectivity index (χ1v) is 5.91. The van der Waals surface area contributed by atoms with Gasteiger partial charge in [-0.05, 0) is 31.7 Å². The highest BCUT2D eigenvalue weighted by Gasteiger charge is 2.31. The van der Waals surface area contributed by atoms with Gasteiger partial charge in [0.15, 0.2) is 0 Å². The predicted molar refractivity (Wildman–Crippen MR) is 57.4 cm³/mol. The second-order valence-corrected chi connectivity index (χ2v) is 4.64. The minimum Gasteiger partial charge on any atom is -0.396 e. The van der Waals surface area contributed by atoms with Gasteiger partial charge in [-0.15, -0.1) is 0 Å². The van der Waals surface area contributed by atoms with Crippen molar-refractivity contribution in [3.05, 3.63) is 0 Å². The van der Waals surface area contributed by atoms with Gasteiger partial charge in [0.25, 0.3) is 0 Å². The molecule has 0 aromatic rings. The van der Waals surface area contributed by atoms with Gasteiger partial charge in [0.2, 0.25) is 5.91 Å². The van der Waals surface area contributed by atoms with Gasteiger partial charge in [0, 0.05) is 26.2 Å². The summed E-state index contributed by atoms with van der Waals surface area (Å²) in [6.07, 6.45) is 2.89. The summed E-state index contributed by atoms with van der Waals surface area (Å²) >= 11 is 0. The highest BCUT2D eigenvalue weighted by molar-refractivity contribution is 5.79. The third kappa shape index (κ3) is 2.49. The van der Waals surface area contributed by atoms with Crippen molar-refractivity contribution in [3.8, 4) is 0 Å². The fraction of sp³-hybridized carbons (Fsp3) is 0.909. The van der Waals surface area contributed by atoms with E-state index in [9.17, 15) is 4.79 Å². The molecule has 0 aliphatic carbocycles. The largest absolute Gasteiger partial charge is 0.396 e. The van der Waals surface area contributed by atoms with E-state index in [1.165, 1.54) is 0 Å². The summed E-state index contributed by atoms with van der Waals surface area (Å²) in [6, 6.07) is 0. The first-order chi connectivity index (χ1) is 7.31. The number of rotatable bonds is 3. The molecule has 0 saturated carbocycles. The average molecular weight is 212 g/mol. The van der Waals surface area contributed by atoms with E-state index in [1.54, 1.807) is 0 Å². The van der Waals surface area contributed by atoms with E-state index < -0.39 is 0 Å². The van der Waals surface area contributed by atoms with Gasteiger partial charge in [0.05, 0.1) is 5.92 Å². The third-order valence-corrected chi connectivity index (χ3v) is 3.54. The Hall–Kier alpha value is -0.610. The van der Waals surface area contributed by atoms with Crippen LogP contribution in [0.3, 0.4) is 0 Å². The zero-order valence-electron chi connectivity index (χ0n) is 9.11. The van der Waals surface area contributed by atoms with Gasteiger partial charge in [-0.1, -0.05) is 0 Å². The Morgan fingerprint density at radius 2 is 2.33 bits per heavy atom. The standard InChI is InChI=1S/C11H20N2O2/c14-6-3-9-2-5-13(8-9)11(15)10-1-4-12-7-10/h9-10,12,14H,1-8H2. The minimum absolute atomic E-state index is 0.206. The summed E-state index contributed by atoms with van der Waals surface area (Å²) in [5, 5.41) is 12.1. The third-order valence-electron chi connectivity index (χ3n) is 3.54. The number of aliphatic hydroxyl groups excluding tert-OH is 1. The first-order valence-electron chi connectivity index (χ1n) is 5.91. The highest BCUT2D eigenvalue weighted by Crippen LogP contribution is 2.22. The summed E-state index contributed by atoms with van der Waals surface area (Å²) < 4.78 is 0. The molecule has 2 aliphatic rings. The molecule has 2 N–H and O–H groups in total. The maximum absolute atomic E-state index is 12.0. The number of amides is 1. The van der Waals surface area contributed by atoms with E-state index in [1.807, 2.05) is 4.90 Å². The molecular weight excluding hydrogens is 192 g/mol. The van der Waals surface area contributed by atoms with Crippen LogP contribution in [-0.2, 0) is 4.79 Å². The fourth-order valence-electron chi connectivity index (χ4n) is 2.57. The van der Waals surface area contributed by atoms with Crippen molar-refractivity contribution in [2.75, 3.05) is 32.8 Å². The Morgan fingerprint density at radius 1 is 1.47 bits per heavy atom. The molecule has 0 aromatic heterocycles. The molecular formula is C11H20N2O2. The van der Waals surface area contributed by atoms with Crippen LogP contribution >= 0.6 is 0 Å². The molecule has 2 aliphatic heterocycles. The Balaban J connectivity index is 1.81. The zero-order chi connectivity index (χ0) is 10.7. The number of aliphatic hydroxyl groups is 1. The molecule has 4 heteroatoms. The molecule has 0 spiro atoms. The fourth-order valence-corrected chi connectivity index (χ4v) is 2.57. The summed E-state index contributed by atoms with van der Waals surface area (Å²) in [5.74, 6) is 1.05. The molecule has 2 atom stereocenters. The van der Waals surface area contributed by atoms with Crippen molar-refractivity contribution in [2.45, 2.75) is 19.3 Å². The SMILES string of the molecule is O=C(C1CCNC1)N1CCC(CCO)C1. The van der Waals surface area contributed by atoms with Crippen LogP contribution in [0.25, 0.3) is 0 Å². The highest BCUT2D eigenvalue weighted by atomic mass is 16.3. The Kier molecular flexibility index (Phi) is 3.59.